The van der Waals surface area contributed by atoms with Crippen LogP contribution < -0.4 is 10.3 Å². The number of ether oxygens (including phenoxy) is 2. The molecule has 1 unspecified atom stereocenters. The van der Waals surface area contributed by atoms with Gasteiger partial charge in [-0.25, -0.2) is 4.98 Å². The Labute approximate surface area is 166 Å². The molecule has 0 spiro atoms. The molecule has 0 bridgehead atoms. The van der Waals surface area contributed by atoms with E-state index in [0.29, 0.717) is 10.9 Å². The summed E-state index contributed by atoms with van der Waals surface area (Å²) in [4.78, 5) is 31.4. The van der Waals surface area contributed by atoms with E-state index in [4.69, 9.17) is 9.47 Å². The Bertz CT molecular complexity index is 987. The first kappa shape index (κ1) is 19.7. The molecule has 7 heteroatoms. The summed E-state index contributed by atoms with van der Waals surface area (Å²) in [6, 6.07) is 18.1. The Morgan fingerprint density at radius 1 is 1.14 bits per heavy atom. The smallest absolute Gasteiger partial charge is 0.319 e. The van der Waals surface area contributed by atoms with Crippen molar-refractivity contribution in [3.05, 3.63) is 76.6 Å². The minimum atomic E-state index is -0.516. The standard InChI is InChI=1S/C21H20N2O4S/c1-14(20(25)27-13-15-6-4-3-5-7-15)28-21-22-18(12-19(24)23-21)16-8-10-17(26-2)11-9-16/h3-12,14H,13H2,1-2H3,(H,22,23,24). The molecule has 0 aliphatic rings. The van der Waals surface area contributed by atoms with Crippen LogP contribution in [0.4, 0.5) is 0 Å². The average molecular weight is 396 g/mol. The lowest BCUT2D eigenvalue weighted by molar-refractivity contribution is -0.143. The quantitative estimate of drug-likeness (QED) is 0.373. The van der Waals surface area contributed by atoms with Crippen molar-refractivity contribution >= 4 is 17.7 Å². The number of methoxy groups -OCH3 is 1. The number of benzene rings is 2. The maximum atomic E-state index is 12.3. The molecule has 1 heterocycles. The molecule has 0 aliphatic carbocycles. The maximum Gasteiger partial charge on any atom is 0.319 e. The molecular weight excluding hydrogens is 376 g/mol. The maximum absolute atomic E-state index is 12.3. The zero-order valence-corrected chi connectivity index (χ0v) is 16.4. The first-order valence-electron chi connectivity index (χ1n) is 8.68. The molecular formula is C21H20N2O4S. The first-order valence-corrected chi connectivity index (χ1v) is 9.56. The SMILES string of the molecule is COc1ccc(-c2cc(=O)[nH]c(SC(C)C(=O)OCc3ccccc3)n2)cc1. The number of nitrogens with one attached hydrogen (secondary N) is 1. The lowest BCUT2D eigenvalue weighted by Gasteiger charge is -2.11. The van der Waals surface area contributed by atoms with Gasteiger partial charge in [0, 0.05) is 11.6 Å². The second-order valence-electron chi connectivity index (χ2n) is 6.02. The number of rotatable bonds is 7. The lowest BCUT2D eigenvalue weighted by Crippen LogP contribution is -2.18. The van der Waals surface area contributed by atoms with Crippen LogP contribution in [0.15, 0.2) is 70.6 Å². The van der Waals surface area contributed by atoms with Gasteiger partial charge >= 0.3 is 5.97 Å². The van der Waals surface area contributed by atoms with Crippen LogP contribution in [0, 0.1) is 0 Å². The van der Waals surface area contributed by atoms with E-state index in [1.54, 1.807) is 26.2 Å². The van der Waals surface area contributed by atoms with E-state index in [0.717, 1.165) is 28.6 Å². The van der Waals surface area contributed by atoms with Gasteiger partial charge in [0.15, 0.2) is 5.16 Å². The second-order valence-corrected chi connectivity index (χ2v) is 7.35. The summed E-state index contributed by atoms with van der Waals surface area (Å²) in [6.45, 7) is 1.93. The fourth-order valence-electron chi connectivity index (χ4n) is 2.46. The van der Waals surface area contributed by atoms with Gasteiger partial charge in [-0.15, -0.1) is 0 Å². The van der Waals surface area contributed by atoms with Gasteiger partial charge in [0.05, 0.1) is 12.8 Å². The number of esters is 1. The molecule has 0 saturated carbocycles. The number of carbonyl (C=O) groups excluding carboxylic acids is 1. The fourth-order valence-corrected chi connectivity index (χ4v) is 3.27. The molecule has 1 aromatic heterocycles. The number of hydrogen-bond acceptors (Lipinski definition) is 6. The number of nitrogens with zero attached hydrogens (tertiary/aromatic N) is 1. The molecule has 3 aromatic rings. The van der Waals surface area contributed by atoms with Crippen molar-refractivity contribution in [1.29, 1.82) is 0 Å². The van der Waals surface area contributed by atoms with E-state index < -0.39 is 5.25 Å². The molecule has 0 radical (unpaired) electrons. The van der Waals surface area contributed by atoms with Crippen LogP contribution >= 0.6 is 11.8 Å². The van der Waals surface area contributed by atoms with Gasteiger partial charge in [-0.3, -0.25) is 9.59 Å². The number of carbonyl (C=O) groups is 1. The van der Waals surface area contributed by atoms with Crippen LogP contribution in [0.3, 0.4) is 0 Å². The summed E-state index contributed by atoms with van der Waals surface area (Å²) in [5.41, 5.74) is 1.95. The van der Waals surface area contributed by atoms with Gasteiger partial charge < -0.3 is 14.5 Å². The van der Waals surface area contributed by atoms with Crippen molar-refractivity contribution < 1.29 is 14.3 Å². The van der Waals surface area contributed by atoms with E-state index in [1.807, 2.05) is 42.5 Å². The van der Waals surface area contributed by atoms with E-state index >= 15 is 0 Å². The summed E-state index contributed by atoms with van der Waals surface area (Å²) >= 11 is 1.15. The summed E-state index contributed by atoms with van der Waals surface area (Å²) in [7, 11) is 1.59. The van der Waals surface area contributed by atoms with E-state index in [9.17, 15) is 9.59 Å². The molecule has 0 fully saturated rings. The average Bonchev–Trinajstić information content (AvgIpc) is 2.72. The van der Waals surface area contributed by atoms with Crippen molar-refractivity contribution in [1.82, 2.24) is 9.97 Å². The lowest BCUT2D eigenvalue weighted by atomic mass is 10.1. The van der Waals surface area contributed by atoms with Crippen LogP contribution in [-0.4, -0.2) is 28.3 Å². The number of H-pyrrole nitrogens is 1. The Balaban J connectivity index is 1.68. The van der Waals surface area contributed by atoms with Crippen molar-refractivity contribution in [2.75, 3.05) is 7.11 Å². The highest BCUT2D eigenvalue weighted by Crippen LogP contribution is 2.24. The molecule has 0 amide bonds. The normalized spacial score (nSPS) is 11.6. The van der Waals surface area contributed by atoms with E-state index in [-0.39, 0.29) is 18.1 Å². The van der Waals surface area contributed by atoms with Gasteiger partial charge in [-0.05, 0) is 36.8 Å². The number of thioether (sulfide) groups is 1. The molecule has 0 saturated heterocycles. The zero-order valence-electron chi connectivity index (χ0n) is 15.5. The third-order valence-corrected chi connectivity index (χ3v) is 4.91. The molecule has 28 heavy (non-hydrogen) atoms. The fraction of sp³-hybridized carbons (Fsp3) is 0.190. The van der Waals surface area contributed by atoms with Crippen molar-refractivity contribution in [3.63, 3.8) is 0 Å². The topological polar surface area (TPSA) is 81.3 Å². The molecule has 144 valence electrons. The van der Waals surface area contributed by atoms with Crippen LogP contribution in [-0.2, 0) is 16.1 Å². The largest absolute Gasteiger partial charge is 0.497 e. The van der Waals surface area contributed by atoms with Gasteiger partial charge in [-0.1, -0.05) is 42.1 Å². The molecule has 1 atom stereocenters. The Morgan fingerprint density at radius 3 is 2.54 bits per heavy atom. The first-order chi connectivity index (χ1) is 13.5. The Kier molecular flexibility index (Phi) is 6.49. The number of hydrogen-bond donors (Lipinski definition) is 1. The Hall–Kier alpha value is -3.06. The van der Waals surface area contributed by atoms with E-state index in [2.05, 4.69) is 9.97 Å². The molecule has 2 aromatic carbocycles. The van der Waals surface area contributed by atoms with Crippen molar-refractivity contribution in [2.24, 2.45) is 0 Å². The summed E-state index contributed by atoms with van der Waals surface area (Å²) in [5.74, 6) is 0.351. The molecule has 3 rings (SSSR count). The van der Waals surface area contributed by atoms with Crippen LogP contribution in [0.1, 0.15) is 12.5 Å². The highest BCUT2D eigenvalue weighted by Gasteiger charge is 2.18. The third-order valence-electron chi connectivity index (χ3n) is 3.95. The highest BCUT2D eigenvalue weighted by molar-refractivity contribution is 8.00. The summed E-state index contributed by atoms with van der Waals surface area (Å²) < 4.78 is 10.5. The van der Waals surface area contributed by atoms with E-state index in [1.165, 1.54) is 6.07 Å². The predicted octanol–water partition coefficient (Wildman–Crippen LogP) is 3.67. The highest BCUT2D eigenvalue weighted by atomic mass is 32.2. The number of aromatic nitrogens is 2. The van der Waals surface area contributed by atoms with Crippen molar-refractivity contribution in [3.8, 4) is 17.0 Å². The molecule has 0 aliphatic heterocycles. The van der Waals surface area contributed by atoms with Gasteiger partial charge in [0.1, 0.15) is 17.6 Å². The second kappa shape index (κ2) is 9.23. The molecule has 6 nitrogen and oxygen atoms in total. The monoisotopic (exact) mass is 396 g/mol. The third kappa shape index (κ3) is 5.23. The Morgan fingerprint density at radius 2 is 1.86 bits per heavy atom. The van der Waals surface area contributed by atoms with Gasteiger partial charge in [0.2, 0.25) is 0 Å². The van der Waals surface area contributed by atoms with Gasteiger partial charge in [0.25, 0.3) is 5.56 Å². The minimum absolute atomic E-state index is 0.209. The van der Waals surface area contributed by atoms with Crippen molar-refractivity contribution in [2.45, 2.75) is 23.9 Å². The molecule has 1 N–H and O–H groups in total. The van der Waals surface area contributed by atoms with Gasteiger partial charge in [-0.2, -0.15) is 0 Å². The van der Waals surface area contributed by atoms with Crippen LogP contribution in [0.25, 0.3) is 11.3 Å². The predicted molar refractivity (Wildman–Crippen MR) is 108 cm³/mol. The minimum Gasteiger partial charge on any atom is -0.497 e. The zero-order chi connectivity index (χ0) is 19.9. The van der Waals surface area contributed by atoms with Crippen LogP contribution in [0.2, 0.25) is 0 Å². The van der Waals surface area contributed by atoms with Crippen LogP contribution in [0.5, 0.6) is 5.75 Å². The summed E-state index contributed by atoms with van der Waals surface area (Å²) in [6.07, 6.45) is 0. The number of aromatic amines is 1. The summed E-state index contributed by atoms with van der Waals surface area (Å²) in [5, 5.41) is -0.152.